The summed E-state index contributed by atoms with van der Waals surface area (Å²) in [7, 11) is 0. The average molecular weight is 276 g/mol. The molecular formula is C14H13FN2O3. The van der Waals surface area contributed by atoms with E-state index >= 15 is 0 Å². The van der Waals surface area contributed by atoms with Crippen molar-refractivity contribution in [3.05, 3.63) is 54.1 Å². The highest BCUT2D eigenvalue weighted by molar-refractivity contribution is 5.85. The molecule has 0 amide bonds. The Hall–Kier alpha value is -2.63. The predicted molar refractivity (Wildman–Crippen MR) is 70.8 cm³/mol. The summed E-state index contributed by atoms with van der Waals surface area (Å²) in [5.41, 5.74) is 0.382. The van der Waals surface area contributed by atoms with E-state index in [-0.39, 0.29) is 12.4 Å². The molecular weight excluding hydrogens is 263 g/mol. The summed E-state index contributed by atoms with van der Waals surface area (Å²) in [6, 6.07) is 6.13. The molecule has 5 nitrogen and oxygen atoms in total. The summed E-state index contributed by atoms with van der Waals surface area (Å²) >= 11 is 0. The van der Waals surface area contributed by atoms with Crippen LogP contribution in [0.4, 0.5) is 4.39 Å². The molecule has 0 fully saturated rings. The lowest BCUT2D eigenvalue weighted by Gasteiger charge is -2.10. The lowest BCUT2D eigenvalue weighted by atomic mass is 10.2. The Balaban J connectivity index is 2.07. The third-order valence-corrected chi connectivity index (χ3v) is 2.53. The van der Waals surface area contributed by atoms with E-state index in [9.17, 15) is 9.18 Å². The van der Waals surface area contributed by atoms with Gasteiger partial charge in [-0.25, -0.2) is 9.18 Å². The van der Waals surface area contributed by atoms with Gasteiger partial charge in [-0.3, -0.25) is 4.68 Å². The third kappa shape index (κ3) is 3.68. The van der Waals surface area contributed by atoms with Gasteiger partial charge in [-0.1, -0.05) is 12.1 Å². The van der Waals surface area contributed by atoms with Gasteiger partial charge in [0, 0.05) is 24.0 Å². The molecule has 0 saturated carbocycles. The molecule has 20 heavy (non-hydrogen) atoms. The Morgan fingerprint density at radius 3 is 3.00 bits per heavy atom. The van der Waals surface area contributed by atoms with Crippen LogP contribution in [-0.4, -0.2) is 27.5 Å². The fraction of sp³-hybridized carbons (Fsp3) is 0.143. The molecule has 0 atom stereocenters. The van der Waals surface area contributed by atoms with E-state index in [0.29, 0.717) is 12.1 Å². The molecule has 2 aromatic rings. The topological polar surface area (TPSA) is 64.3 Å². The van der Waals surface area contributed by atoms with Crippen molar-refractivity contribution in [3.63, 3.8) is 0 Å². The molecule has 0 bridgehead atoms. The van der Waals surface area contributed by atoms with E-state index in [4.69, 9.17) is 9.84 Å². The lowest BCUT2D eigenvalue weighted by molar-refractivity contribution is -0.131. The molecule has 0 radical (unpaired) electrons. The molecule has 0 spiro atoms. The van der Waals surface area contributed by atoms with Crippen molar-refractivity contribution in [1.29, 1.82) is 0 Å². The van der Waals surface area contributed by atoms with Crippen LogP contribution in [0.5, 0.6) is 5.75 Å². The van der Waals surface area contributed by atoms with Crippen molar-refractivity contribution in [1.82, 2.24) is 9.78 Å². The molecule has 1 aromatic carbocycles. The van der Waals surface area contributed by atoms with Crippen LogP contribution in [0.25, 0.3) is 6.08 Å². The third-order valence-electron chi connectivity index (χ3n) is 2.53. The Kier molecular flexibility index (Phi) is 4.49. The van der Waals surface area contributed by atoms with Gasteiger partial charge in [0.15, 0.2) is 11.6 Å². The normalized spacial score (nSPS) is 10.8. The highest BCUT2D eigenvalue weighted by Gasteiger charge is 2.08. The van der Waals surface area contributed by atoms with Gasteiger partial charge in [0.2, 0.25) is 0 Å². The summed E-state index contributed by atoms with van der Waals surface area (Å²) in [6.07, 6.45) is 5.66. The average Bonchev–Trinajstić information content (AvgIpc) is 2.92. The molecule has 0 saturated heterocycles. The number of aromatic nitrogens is 2. The quantitative estimate of drug-likeness (QED) is 0.821. The fourth-order valence-electron chi connectivity index (χ4n) is 1.64. The first kappa shape index (κ1) is 13.8. The molecule has 0 aliphatic rings. The SMILES string of the molecule is O=C(O)/C=C/c1cccc(F)c1OCCn1cccn1. The van der Waals surface area contributed by atoms with Crippen LogP contribution < -0.4 is 4.74 Å². The first-order valence-electron chi connectivity index (χ1n) is 5.96. The largest absolute Gasteiger partial charge is 0.488 e. The first-order chi connectivity index (χ1) is 9.66. The number of hydrogen-bond acceptors (Lipinski definition) is 3. The molecule has 2 rings (SSSR count). The molecule has 1 aromatic heterocycles. The number of carboxylic acids is 1. The fourth-order valence-corrected chi connectivity index (χ4v) is 1.64. The summed E-state index contributed by atoms with van der Waals surface area (Å²) < 4.78 is 20.8. The van der Waals surface area contributed by atoms with Crippen LogP contribution in [0.3, 0.4) is 0 Å². The molecule has 1 N–H and O–H groups in total. The van der Waals surface area contributed by atoms with Gasteiger partial charge in [0.1, 0.15) is 6.61 Å². The second kappa shape index (κ2) is 6.51. The number of aliphatic carboxylic acids is 1. The molecule has 1 heterocycles. The van der Waals surface area contributed by atoms with Gasteiger partial charge in [-0.15, -0.1) is 0 Å². The highest BCUT2D eigenvalue weighted by atomic mass is 19.1. The number of carbonyl (C=O) groups is 1. The molecule has 0 aliphatic heterocycles. The van der Waals surface area contributed by atoms with E-state index < -0.39 is 11.8 Å². The van der Waals surface area contributed by atoms with Crippen LogP contribution in [-0.2, 0) is 11.3 Å². The maximum absolute atomic E-state index is 13.7. The van der Waals surface area contributed by atoms with Gasteiger partial charge >= 0.3 is 5.97 Å². The van der Waals surface area contributed by atoms with Crippen LogP contribution in [0, 0.1) is 5.82 Å². The van der Waals surface area contributed by atoms with Crippen molar-refractivity contribution in [2.75, 3.05) is 6.61 Å². The first-order valence-corrected chi connectivity index (χ1v) is 5.96. The number of rotatable bonds is 6. The summed E-state index contributed by atoms with van der Waals surface area (Å²) in [5, 5.41) is 12.6. The van der Waals surface area contributed by atoms with E-state index in [1.165, 1.54) is 18.2 Å². The zero-order valence-corrected chi connectivity index (χ0v) is 10.6. The number of para-hydroxylation sites is 1. The van der Waals surface area contributed by atoms with Crippen LogP contribution >= 0.6 is 0 Å². The standard InChI is InChI=1S/C14H13FN2O3/c15-12-4-1-3-11(5-6-13(18)19)14(12)20-10-9-17-8-2-7-16-17/h1-8H,9-10H2,(H,18,19)/b6-5+. The van der Waals surface area contributed by atoms with Crippen LogP contribution in [0.15, 0.2) is 42.7 Å². The summed E-state index contributed by atoms with van der Waals surface area (Å²) in [6.45, 7) is 0.708. The number of ether oxygens (including phenoxy) is 1. The van der Waals surface area contributed by atoms with Gasteiger partial charge in [-0.2, -0.15) is 5.10 Å². The summed E-state index contributed by atoms with van der Waals surface area (Å²) in [5.74, 6) is -1.59. The van der Waals surface area contributed by atoms with Crippen LogP contribution in [0.2, 0.25) is 0 Å². The van der Waals surface area contributed by atoms with Gasteiger partial charge in [0.25, 0.3) is 0 Å². The number of nitrogens with zero attached hydrogens (tertiary/aromatic N) is 2. The zero-order valence-electron chi connectivity index (χ0n) is 10.6. The maximum atomic E-state index is 13.7. The minimum Gasteiger partial charge on any atom is -0.488 e. The van der Waals surface area contributed by atoms with Crippen molar-refractivity contribution < 1.29 is 19.0 Å². The molecule has 0 aliphatic carbocycles. The number of halogens is 1. The van der Waals surface area contributed by atoms with E-state index in [0.717, 1.165) is 6.08 Å². The molecule has 6 heteroatoms. The Labute approximate surface area is 114 Å². The number of hydrogen-bond donors (Lipinski definition) is 1. The number of carboxylic acid groups (broad SMARTS) is 1. The minimum absolute atomic E-state index is 0.0390. The smallest absolute Gasteiger partial charge is 0.328 e. The van der Waals surface area contributed by atoms with Crippen molar-refractivity contribution in [2.45, 2.75) is 6.54 Å². The van der Waals surface area contributed by atoms with Gasteiger partial charge < -0.3 is 9.84 Å². The summed E-state index contributed by atoms with van der Waals surface area (Å²) in [4.78, 5) is 10.5. The highest BCUT2D eigenvalue weighted by Crippen LogP contribution is 2.24. The molecule has 104 valence electrons. The van der Waals surface area contributed by atoms with Crippen molar-refractivity contribution >= 4 is 12.0 Å². The minimum atomic E-state index is -1.10. The predicted octanol–water partition coefficient (Wildman–Crippen LogP) is 2.20. The molecule has 0 unspecified atom stereocenters. The second-order valence-electron chi connectivity index (χ2n) is 3.95. The van der Waals surface area contributed by atoms with E-state index in [1.54, 1.807) is 29.2 Å². The Bertz CT molecular complexity index is 609. The monoisotopic (exact) mass is 276 g/mol. The maximum Gasteiger partial charge on any atom is 0.328 e. The van der Waals surface area contributed by atoms with E-state index in [1.807, 2.05) is 0 Å². The van der Waals surface area contributed by atoms with Crippen molar-refractivity contribution in [2.24, 2.45) is 0 Å². The Morgan fingerprint density at radius 1 is 1.45 bits per heavy atom. The van der Waals surface area contributed by atoms with Crippen LogP contribution in [0.1, 0.15) is 5.56 Å². The lowest BCUT2D eigenvalue weighted by Crippen LogP contribution is -2.09. The Morgan fingerprint density at radius 2 is 2.30 bits per heavy atom. The van der Waals surface area contributed by atoms with E-state index in [2.05, 4.69) is 5.10 Å². The van der Waals surface area contributed by atoms with Gasteiger partial charge in [-0.05, 0) is 18.2 Å². The van der Waals surface area contributed by atoms with Crippen molar-refractivity contribution in [3.8, 4) is 5.75 Å². The second-order valence-corrected chi connectivity index (χ2v) is 3.95. The zero-order chi connectivity index (χ0) is 14.4. The number of benzene rings is 1. The van der Waals surface area contributed by atoms with Gasteiger partial charge in [0.05, 0.1) is 6.54 Å².